The molecule has 5 N–H and O–H groups in total. The molecule has 0 bridgehead atoms. The fraction of sp³-hybridized carbons (Fsp3) is 0. The first-order valence-corrected chi connectivity index (χ1v) is 6.12. The van der Waals surface area contributed by atoms with Gasteiger partial charge in [-0.15, -0.1) is 0 Å². The lowest BCUT2D eigenvalue weighted by Crippen LogP contribution is -2.00. The Labute approximate surface area is 122 Å². The average Bonchev–Trinajstić information content (AvgIpc) is 2.43. The van der Waals surface area contributed by atoms with E-state index < -0.39 is 28.4 Å². The summed E-state index contributed by atoms with van der Waals surface area (Å²) in [5.74, 6) is -2.78. The molecule has 22 heavy (non-hydrogen) atoms. The van der Waals surface area contributed by atoms with Crippen LogP contribution in [0.2, 0.25) is 0 Å². The van der Waals surface area contributed by atoms with Crippen LogP contribution in [0.4, 0.5) is 0 Å². The number of rotatable bonds is 1. The van der Waals surface area contributed by atoms with Crippen molar-refractivity contribution in [2.75, 3.05) is 0 Å². The lowest BCUT2D eigenvalue weighted by molar-refractivity contribution is 0.368. The van der Waals surface area contributed by atoms with Gasteiger partial charge in [-0.1, -0.05) is 0 Å². The van der Waals surface area contributed by atoms with E-state index in [4.69, 9.17) is 4.42 Å². The van der Waals surface area contributed by atoms with E-state index in [1.54, 1.807) is 0 Å². The Morgan fingerprint density at radius 2 is 1.55 bits per heavy atom. The summed E-state index contributed by atoms with van der Waals surface area (Å²) in [6.07, 6.45) is 0. The summed E-state index contributed by atoms with van der Waals surface area (Å²) in [6, 6.07) is 5.52. The van der Waals surface area contributed by atoms with Gasteiger partial charge in [-0.05, 0) is 12.1 Å². The summed E-state index contributed by atoms with van der Waals surface area (Å²) in [5, 5.41) is 47.7. The minimum atomic E-state index is -0.751. The van der Waals surface area contributed by atoms with Gasteiger partial charge in [0.05, 0.1) is 5.56 Å². The molecule has 0 aliphatic carbocycles. The zero-order chi connectivity index (χ0) is 16.0. The molecule has 0 saturated heterocycles. The van der Waals surface area contributed by atoms with Gasteiger partial charge in [0.2, 0.25) is 5.75 Å². The average molecular weight is 302 g/mol. The zero-order valence-electron chi connectivity index (χ0n) is 10.9. The fourth-order valence-electron chi connectivity index (χ4n) is 2.15. The molecule has 0 spiro atoms. The molecule has 3 aromatic rings. The van der Waals surface area contributed by atoms with Gasteiger partial charge in [0, 0.05) is 18.2 Å². The summed E-state index contributed by atoms with van der Waals surface area (Å²) in [5.41, 5.74) is -0.718. The molecular formula is C15H10O7. The maximum absolute atomic E-state index is 12.1. The van der Waals surface area contributed by atoms with Crippen molar-refractivity contribution in [3.63, 3.8) is 0 Å². The largest absolute Gasteiger partial charge is 0.508 e. The summed E-state index contributed by atoms with van der Waals surface area (Å²) in [4.78, 5) is 12.1. The number of phenolic OH excluding ortho intramolecular Hbond substituents is 5. The maximum atomic E-state index is 12.1. The van der Waals surface area contributed by atoms with Crippen LogP contribution in [0.15, 0.2) is 39.5 Å². The van der Waals surface area contributed by atoms with Crippen LogP contribution in [0.3, 0.4) is 0 Å². The summed E-state index contributed by atoms with van der Waals surface area (Å²) in [7, 11) is 0. The summed E-state index contributed by atoms with van der Waals surface area (Å²) < 4.78 is 5.39. The lowest BCUT2D eigenvalue weighted by atomic mass is 10.1. The van der Waals surface area contributed by atoms with Crippen molar-refractivity contribution in [1.82, 2.24) is 0 Å². The highest BCUT2D eigenvalue weighted by atomic mass is 16.3. The Kier molecular flexibility index (Phi) is 2.84. The molecule has 0 atom stereocenters. The van der Waals surface area contributed by atoms with Gasteiger partial charge in [-0.2, -0.15) is 0 Å². The maximum Gasteiger partial charge on any atom is 0.201 e. The molecule has 0 saturated carbocycles. The Hall–Kier alpha value is -3.35. The van der Waals surface area contributed by atoms with Crippen molar-refractivity contribution in [3.8, 4) is 40.1 Å². The molecule has 112 valence electrons. The topological polar surface area (TPSA) is 131 Å². The van der Waals surface area contributed by atoms with Gasteiger partial charge in [-0.3, -0.25) is 4.79 Å². The van der Waals surface area contributed by atoms with Crippen molar-refractivity contribution in [2.24, 2.45) is 0 Å². The van der Waals surface area contributed by atoms with E-state index in [-0.39, 0.29) is 28.0 Å². The Balaban J connectivity index is 2.34. The Morgan fingerprint density at radius 3 is 2.27 bits per heavy atom. The molecule has 0 unspecified atom stereocenters. The van der Waals surface area contributed by atoms with Crippen molar-refractivity contribution >= 4 is 11.0 Å². The second-order valence-corrected chi connectivity index (χ2v) is 4.64. The monoisotopic (exact) mass is 302 g/mol. The second-order valence-electron chi connectivity index (χ2n) is 4.64. The lowest BCUT2D eigenvalue weighted by Gasteiger charge is -2.08. The van der Waals surface area contributed by atoms with Crippen LogP contribution in [0.5, 0.6) is 28.7 Å². The first kappa shape index (κ1) is 13.6. The smallest absolute Gasteiger partial charge is 0.201 e. The van der Waals surface area contributed by atoms with E-state index in [0.717, 1.165) is 24.3 Å². The number of hydrogen-bond donors (Lipinski definition) is 5. The van der Waals surface area contributed by atoms with Crippen molar-refractivity contribution in [2.45, 2.75) is 0 Å². The molecule has 7 nitrogen and oxygen atoms in total. The minimum Gasteiger partial charge on any atom is -0.508 e. The van der Waals surface area contributed by atoms with Gasteiger partial charge in [0.1, 0.15) is 28.2 Å². The van der Waals surface area contributed by atoms with Crippen molar-refractivity contribution in [1.29, 1.82) is 0 Å². The highest BCUT2D eigenvalue weighted by Gasteiger charge is 2.17. The van der Waals surface area contributed by atoms with E-state index in [9.17, 15) is 30.3 Å². The number of aromatic hydroxyl groups is 5. The minimum absolute atomic E-state index is 0.0304. The predicted octanol–water partition coefficient (Wildman–Crippen LogP) is 1.99. The van der Waals surface area contributed by atoms with Gasteiger partial charge < -0.3 is 29.9 Å². The normalized spacial score (nSPS) is 10.9. The number of fused-ring (bicyclic) bond motifs is 1. The van der Waals surface area contributed by atoms with Gasteiger partial charge >= 0.3 is 0 Å². The molecule has 0 radical (unpaired) electrons. The number of benzene rings is 2. The highest BCUT2D eigenvalue weighted by Crippen LogP contribution is 2.42. The van der Waals surface area contributed by atoms with Crippen LogP contribution >= 0.6 is 0 Å². The van der Waals surface area contributed by atoms with Crippen LogP contribution < -0.4 is 5.43 Å². The van der Waals surface area contributed by atoms with Crippen LogP contribution in [-0.4, -0.2) is 25.5 Å². The van der Waals surface area contributed by atoms with E-state index >= 15 is 0 Å². The molecule has 3 rings (SSSR count). The van der Waals surface area contributed by atoms with Gasteiger partial charge in [0.25, 0.3) is 0 Å². The van der Waals surface area contributed by atoms with Crippen LogP contribution in [0, 0.1) is 0 Å². The van der Waals surface area contributed by atoms with Crippen molar-refractivity contribution < 1.29 is 29.9 Å². The first-order valence-electron chi connectivity index (χ1n) is 6.12. The zero-order valence-corrected chi connectivity index (χ0v) is 10.9. The molecule has 0 aliphatic heterocycles. The molecule has 2 aromatic carbocycles. The van der Waals surface area contributed by atoms with Gasteiger partial charge in [0.15, 0.2) is 16.9 Å². The van der Waals surface area contributed by atoms with E-state index in [2.05, 4.69) is 0 Å². The van der Waals surface area contributed by atoms with Crippen LogP contribution in [-0.2, 0) is 0 Å². The number of phenols is 5. The number of hydrogen-bond acceptors (Lipinski definition) is 7. The SMILES string of the molecule is O=c1cc(-c2ccc(O)c(O)c2O)oc2cc(O)cc(O)c12. The second kappa shape index (κ2) is 4.59. The van der Waals surface area contributed by atoms with Crippen LogP contribution in [0.25, 0.3) is 22.3 Å². The Morgan fingerprint density at radius 1 is 0.818 bits per heavy atom. The third-order valence-electron chi connectivity index (χ3n) is 3.19. The first-order chi connectivity index (χ1) is 10.4. The highest BCUT2D eigenvalue weighted by molar-refractivity contribution is 5.86. The third-order valence-corrected chi connectivity index (χ3v) is 3.19. The molecule has 7 heteroatoms. The van der Waals surface area contributed by atoms with E-state index in [1.165, 1.54) is 6.07 Å². The van der Waals surface area contributed by atoms with Crippen LogP contribution in [0.1, 0.15) is 0 Å². The quantitative estimate of drug-likeness (QED) is 0.434. The molecule has 0 fully saturated rings. The standard InChI is InChI=1S/C15H10O7/c16-6-3-9(18)13-10(19)5-11(22-12(13)4-6)7-1-2-8(17)15(21)14(7)20/h1-5,16-18,20-21H. The van der Waals surface area contributed by atoms with Gasteiger partial charge in [-0.25, -0.2) is 0 Å². The third kappa shape index (κ3) is 1.96. The molecule has 0 amide bonds. The van der Waals surface area contributed by atoms with E-state index in [0.29, 0.717) is 0 Å². The fourth-order valence-corrected chi connectivity index (χ4v) is 2.15. The molecule has 1 aromatic heterocycles. The molecule has 0 aliphatic rings. The molecule has 1 heterocycles. The molecular weight excluding hydrogens is 292 g/mol. The predicted molar refractivity (Wildman–Crippen MR) is 76.2 cm³/mol. The van der Waals surface area contributed by atoms with Crippen molar-refractivity contribution in [3.05, 3.63) is 40.6 Å². The summed E-state index contributed by atoms with van der Waals surface area (Å²) in [6.45, 7) is 0. The summed E-state index contributed by atoms with van der Waals surface area (Å²) >= 11 is 0. The Bertz CT molecular complexity index is 956. The van der Waals surface area contributed by atoms with E-state index in [1.807, 2.05) is 0 Å².